The van der Waals surface area contributed by atoms with Crippen molar-refractivity contribution in [2.75, 3.05) is 0 Å². The minimum Gasteiger partial charge on any atom is -0.143 e. The minimum absolute atomic E-state index is 0.494. The first-order valence-corrected chi connectivity index (χ1v) is 11.0. The second-order valence-corrected chi connectivity index (χ2v) is 9.00. The Bertz CT molecular complexity index is 910. The monoisotopic (exact) mass is 448 g/mol. The lowest BCUT2D eigenvalue weighted by atomic mass is 9.65. The fourth-order valence-corrected chi connectivity index (χ4v) is 4.44. The molecule has 0 N–H and O–H groups in total. The van der Waals surface area contributed by atoms with Gasteiger partial charge in [-0.05, 0) is 70.8 Å². The molecule has 0 fully saturated rings. The van der Waals surface area contributed by atoms with E-state index in [9.17, 15) is 0 Å². The van der Waals surface area contributed by atoms with Crippen molar-refractivity contribution >= 4 is 50.5 Å². The molecule has 4 aromatic carbocycles. The van der Waals surface area contributed by atoms with Crippen LogP contribution in [0.25, 0.3) is 0 Å². The van der Waals surface area contributed by atoms with Crippen molar-refractivity contribution in [2.45, 2.75) is 25.0 Å². The molecule has 0 aliphatic rings. The molecule has 0 aliphatic carbocycles. The van der Waals surface area contributed by atoms with Gasteiger partial charge in [-0.1, -0.05) is 48.5 Å². The van der Waals surface area contributed by atoms with Crippen LogP contribution in [0, 0.1) is 0 Å². The Balaban J connectivity index is 2.11. The lowest BCUT2D eigenvalue weighted by molar-refractivity contribution is 0.741. The first kappa shape index (κ1) is 20.5. The quantitative estimate of drug-likeness (QED) is 0.184. The molecule has 0 radical (unpaired) electrons. The van der Waals surface area contributed by atoms with E-state index < -0.39 is 5.41 Å². The Hall–Kier alpha value is -1.72. The van der Waals surface area contributed by atoms with Crippen LogP contribution in [0.5, 0.6) is 0 Å². The van der Waals surface area contributed by atoms with Crippen molar-refractivity contribution in [2.24, 2.45) is 0 Å². The van der Waals surface area contributed by atoms with Crippen LogP contribution in [0.1, 0.15) is 22.3 Å². The first-order valence-electron chi connectivity index (χ1n) is 9.18. The SMILES string of the molecule is Sc1ccc(C(c2ccc(S)cc2)(c2ccc(S)cc2)c2ccc(S)cc2)cc1. The highest BCUT2D eigenvalue weighted by atomic mass is 32.1. The fraction of sp³-hybridized carbons (Fsp3) is 0.0400. The average molecular weight is 449 g/mol. The summed E-state index contributed by atoms with van der Waals surface area (Å²) in [6.07, 6.45) is 0. The van der Waals surface area contributed by atoms with Gasteiger partial charge >= 0.3 is 0 Å². The van der Waals surface area contributed by atoms with Gasteiger partial charge in [0.25, 0.3) is 0 Å². The van der Waals surface area contributed by atoms with Crippen LogP contribution in [-0.4, -0.2) is 0 Å². The third kappa shape index (κ3) is 3.99. The summed E-state index contributed by atoms with van der Waals surface area (Å²) >= 11 is 18.0. The number of thiol groups is 4. The summed E-state index contributed by atoms with van der Waals surface area (Å²) in [4.78, 5) is 3.74. The van der Waals surface area contributed by atoms with Gasteiger partial charge in [0.15, 0.2) is 0 Å². The Labute approximate surface area is 194 Å². The Morgan fingerprint density at radius 2 is 0.483 bits per heavy atom. The van der Waals surface area contributed by atoms with Gasteiger partial charge in [-0.3, -0.25) is 0 Å². The zero-order chi connectivity index (χ0) is 20.4. The molecule has 0 aliphatic heterocycles. The minimum atomic E-state index is -0.494. The summed E-state index contributed by atoms with van der Waals surface area (Å²) in [5, 5.41) is 0. The van der Waals surface area contributed by atoms with Crippen molar-refractivity contribution < 1.29 is 0 Å². The third-order valence-electron chi connectivity index (χ3n) is 5.20. The smallest absolute Gasteiger partial charge is 0.0701 e. The zero-order valence-corrected chi connectivity index (χ0v) is 19.1. The van der Waals surface area contributed by atoms with E-state index in [0.29, 0.717) is 0 Å². The lowest BCUT2D eigenvalue weighted by Crippen LogP contribution is -2.31. The van der Waals surface area contributed by atoms with E-state index in [4.69, 9.17) is 0 Å². The Kier molecular flexibility index (Phi) is 6.07. The molecule has 0 spiro atoms. The molecule has 4 aromatic rings. The van der Waals surface area contributed by atoms with Crippen molar-refractivity contribution in [3.05, 3.63) is 119 Å². The summed E-state index contributed by atoms with van der Waals surface area (Å²) in [7, 11) is 0. The summed E-state index contributed by atoms with van der Waals surface area (Å²) < 4.78 is 0. The number of rotatable bonds is 4. The normalized spacial score (nSPS) is 11.4. The topological polar surface area (TPSA) is 0 Å². The van der Waals surface area contributed by atoms with Gasteiger partial charge in [-0.15, -0.1) is 50.5 Å². The van der Waals surface area contributed by atoms with Crippen LogP contribution in [0.3, 0.4) is 0 Å². The molecule has 0 atom stereocenters. The highest BCUT2D eigenvalue weighted by Crippen LogP contribution is 2.45. The molecule has 0 bridgehead atoms. The van der Waals surface area contributed by atoms with E-state index in [0.717, 1.165) is 19.6 Å². The highest BCUT2D eigenvalue weighted by Gasteiger charge is 2.38. The highest BCUT2D eigenvalue weighted by molar-refractivity contribution is 7.80. The molecular formula is C25H20S4. The number of benzene rings is 4. The van der Waals surface area contributed by atoms with E-state index in [1.807, 2.05) is 48.5 Å². The molecule has 0 aromatic heterocycles. The van der Waals surface area contributed by atoms with Crippen molar-refractivity contribution in [1.29, 1.82) is 0 Å². The van der Waals surface area contributed by atoms with Crippen LogP contribution in [0.4, 0.5) is 0 Å². The van der Waals surface area contributed by atoms with Crippen LogP contribution < -0.4 is 0 Å². The van der Waals surface area contributed by atoms with E-state index in [1.165, 1.54) is 22.3 Å². The van der Waals surface area contributed by atoms with Crippen LogP contribution >= 0.6 is 50.5 Å². The van der Waals surface area contributed by atoms with Crippen molar-refractivity contribution in [3.63, 3.8) is 0 Å². The molecule has 4 rings (SSSR count). The fourth-order valence-electron chi connectivity index (χ4n) is 3.85. The molecular weight excluding hydrogens is 429 g/mol. The summed E-state index contributed by atoms with van der Waals surface area (Å²) in [6.45, 7) is 0. The van der Waals surface area contributed by atoms with Gasteiger partial charge in [0.05, 0.1) is 5.41 Å². The summed E-state index contributed by atoms with van der Waals surface area (Å²) in [6, 6.07) is 33.6. The molecule has 0 saturated heterocycles. The second-order valence-electron chi connectivity index (χ2n) is 6.94. The van der Waals surface area contributed by atoms with E-state index in [-0.39, 0.29) is 0 Å². The molecule has 4 heteroatoms. The van der Waals surface area contributed by atoms with Gasteiger partial charge in [0, 0.05) is 19.6 Å². The third-order valence-corrected chi connectivity index (χ3v) is 6.39. The maximum absolute atomic E-state index is 4.50. The molecule has 0 heterocycles. The predicted octanol–water partition coefficient (Wildman–Crippen LogP) is 7.22. The number of hydrogen-bond acceptors (Lipinski definition) is 4. The van der Waals surface area contributed by atoms with Gasteiger partial charge in [-0.2, -0.15) is 0 Å². The van der Waals surface area contributed by atoms with Gasteiger partial charge in [0.1, 0.15) is 0 Å². The molecule has 144 valence electrons. The standard InChI is InChI=1S/C25H20S4/c26-21-9-1-17(2-10-21)25(18-3-11-22(27)12-4-18,19-5-13-23(28)14-6-19)20-7-15-24(29)16-8-20/h1-16,26-29H. The maximum Gasteiger partial charge on any atom is 0.0701 e. The molecule has 0 nitrogen and oxygen atoms in total. The largest absolute Gasteiger partial charge is 0.143 e. The summed E-state index contributed by atoms with van der Waals surface area (Å²) in [5.41, 5.74) is 4.18. The maximum atomic E-state index is 4.50. The lowest BCUT2D eigenvalue weighted by Gasteiger charge is -2.37. The van der Waals surface area contributed by atoms with Gasteiger partial charge < -0.3 is 0 Å². The van der Waals surface area contributed by atoms with E-state index >= 15 is 0 Å². The summed E-state index contributed by atoms with van der Waals surface area (Å²) in [5.74, 6) is 0. The van der Waals surface area contributed by atoms with Crippen molar-refractivity contribution in [1.82, 2.24) is 0 Å². The van der Waals surface area contributed by atoms with Crippen LogP contribution in [-0.2, 0) is 5.41 Å². The Morgan fingerprint density at radius 3 is 0.655 bits per heavy atom. The second kappa shape index (κ2) is 8.57. The first-order chi connectivity index (χ1) is 14.0. The molecule has 0 amide bonds. The van der Waals surface area contributed by atoms with Crippen LogP contribution in [0.15, 0.2) is 117 Å². The van der Waals surface area contributed by atoms with Crippen molar-refractivity contribution in [3.8, 4) is 0 Å². The molecule has 0 saturated carbocycles. The van der Waals surface area contributed by atoms with E-state index in [2.05, 4.69) is 99.0 Å². The van der Waals surface area contributed by atoms with Crippen LogP contribution in [0.2, 0.25) is 0 Å². The van der Waals surface area contributed by atoms with E-state index in [1.54, 1.807) is 0 Å². The molecule has 0 unspecified atom stereocenters. The average Bonchev–Trinajstić information content (AvgIpc) is 2.73. The zero-order valence-electron chi connectivity index (χ0n) is 15.5. The van der Waals surface area contributed by atoms with Gasteiger partial charge in [0.2, 0.25) is 0 Å². The predicted molar refractivity (Wildman–Crippen MR) is 134 cm³/mol. The molecule has 29 heavy (non-hydrogen) atoms. The number of hydrogen-bond donors (Lipinski definition) is 4. The Morgan fingerprint density at radius 1 is 0.310 bits per heavy atom. The van der Waals surface area contributed by atoms with Gasteiger partial charge in [-0.25, -0.2) is 0 Å².